The van der Waals surface area contributed by atoms with Crippen molar-refractivity contribution in [2.24, 2.45) is 0 Å². The highest BCUT2D eigenvalue weighted by Crippen LogP contribution is 2.45. The Morgan fingerprint density at radius 1 is 0.750 bits per heavy atom. The van der Waals surface area contributed by atoms with Crippen LogP contribution < -0.4 is 0 Å². The third kappa shape index (κ3) is 6.19. The molecule has 1 atom stereocenters. The second-order valence-electron chi connectivity index (χ2n) is 3.51. The van der Waals surface area contributed by atoms with Crippen LogP contribution in [0.5, 0.6) is 0 Å². The van der Waals surface area contributed by atoms with Crippen LogP contribution in [0, 0.1) is 0 Å². The van der Waals surface area contributed by atoms with Crippen LogP contribution in [0.1, 0.15) is 0 Å². The highest BCUT2D eigenvalue weighted by atomic mass is 19.4. The molecule has 0 aliphatic heterocycles. The van der Waals surface area contributed by atoms with Crippen molar-refractivity contribution >= 4 is 5.97 Å². The summed E-state index contributed by atoms with van der Waals surface area (Å²) < 4.78 is 152. The highest BCUT2D eigenvalue weighted by molar-refractivity contribution is 5.73. The number of aliphatic carboxylic acids is 1. The lowest BCUT2D eigenvalue weighted by Crippen LogP contribution is -2.55. The molecule has 0 aromatic carbocycles. The summed E-state index contributed by atoms with van der Waals surface area (Å²) in [5.74, 6) is -3.18. The zero-order chi connectivity index (χ0) is 19.8. The van der Waals surface area contributed by atoms with Crippen molar-refractivity contribution in [3.63, 3.8) is 0 Å². The first-order valence-corrected chi connectivity index (χ1v) is 4.78. The molecule has 0 amide bonds. The number of hydrogen-bond donors (Lipinski definition) is 1. The van der Waals surface area contributed by atoms with Gasteiger partial charge in [-0.05, 0) is 0 Å². The molecule has 0 aromatic rings. The molecule has 0 aromatic heterocycles. The number of carbonyl (C=O) groups is 1. The van der Waals surface area contributed by atoms with Gasteiger partial charge in [-0.1, -0.05) is 0 Å². The molecular weight excluding hydrogens is 392 g/mol. The number of ether oxygens (including phenoxy) is 3. The second kappa shape index (κ2) is 6.43. The van der Waals surface area contributed by atoms with Gasteiger partial charge in [-0.2, -0.15) is 31.1 Å². The summed E-state index contributed by atoms with van der Waals surface area (Å²) >= 11 is 0. The quantitative estimate of drug-likeness (QED) is 0.506. The number of carboxylic acid groups (broad SMARTS) is 1. The van der Waals surface area contributed by atoms with Crippen LogP contribution in [0.2, 0.25) is 0 Å². The normalized spacial score (nSPS) is 16.2. The average molecular weight is 394 g/mol. The van der Waals surface area contributed by atoms with Crippen LogP contribution in [0.25, 0.3) is 0 Å². The average Bonchev–Trinajstić information content (AvgIpc) is 2.20. The van der Waals surface area contributed by atoms with Crippen LogP contribution in [0.4, 0.5) is 52.7 Å². The van der Waals surface area contributed by atoms with Gasteiger partial charge >= 0.3 is 37.0 Å². The van der Waals surface area contributed by atoms with Crippen LogP contribution >= 0.6 is 0 Å². The van der Waals surface area contributed by atoms with Crippen molar-refractivity contribution in [2.45, 2.75) is 37.2 Å². The van der Waals surface area contributed by atoms with Crippen molar-refractivity contribution in [1.29, 1.82) is 0 Å². The molecular formula is C7H2F12O5. The Morgan fingerprint density at radius 2 is 1.12 bits per heavy atom. The largest absolute Gasteiger partial charge is 0.529 e. The predicted octanol–water partition coefficient (Wildman–Crippen LogP) is 3.31. The molecule has 0 spiro atoms. The predicted molar refractivity (Wildman–Crippen MR) is 41.6 cm³/mol. The monoisotopic (exact) mass is 394 g/mol. The first-order chi connectivity index (χ1) is 10.2. The van der Waals surface area contributed by atoms with E-state index in [0.29, 0.717) is 0 Å². The standard InChI is InChI=1S/C7H2F12O5/c8-1(2(20)21)3(9,10)22-4(11,12)5(13,14)23-7(18,19)24-6(15,16)17/h1H,(H,20,21). The molecule has 24 heavy (non-hydrogen) atoms. The van der Waals surface area contributed by atoms with Gasteiger partial charge in [0, 0.05) is 0 Å². The Hall–Kier alpha value is -1.49. The summed E-state index contributed by atoms with van der Waals surface area (Å²) in [5, 5.41) is 7.77. The molecule has 0 aliphatic rings. The van der Waals surface area contributed by atoms with Gasteiger partial charge in [-0.3, -0.25) is 0 Å². The van der Waals surface area contributed by atoms with Crippen molar-refractivity contribution in [2.75, 3.05) is 0 Å². The molecule has 0 fully saturated rings. The Bertz CT molecular complexity index is 459. The topological polar surface area (TPSA) is 65.0 Å². The first kappa shape index (κ1) is 22.5. The van der Waals surface area contributed by atoms with Crippen molar-refractivity contribution < 1.29 is 76.8 Å². The van der Waals surface area contributed by atoms with Crippen molar-refractivity contribution in [3.05, 3.63) is 0 Å². The fraction of sp³-hybridized carbons (Fsp3) is 0.857. The van der Waals surface area contributed by atoms with Crippen molar-refractivity contribution in [1.82, 2.24) is 0 Å². The van der Waals surface area contributed by atoms with Crippen molar-refractivity contribution in [3.8, 4) is 0 Å². The highest BCUT2D eigenvalue weighted by Gasteiger charge is 2.70. The van der Waals surface area contributed by atoms with E-state index in [1.54, 1.807) is 9.47 Å². The molecule has 1 unspecified atom stereocenters. The van der Waals surface area contributed by atoms with Gasteiger partial charge in [0.25, 0.3) is 6.17 Å². The lowest BCUT2D eigenvalue weighted by atomic mass is 10.3. The summed E-state index contributed by atoms with van der Waals surface area (Å²) in [5.41, 5.74) is 0. The van der Waals surface area contributed by atoms with Gasteiger partial charge in [0.1, 0.15) is 0 Å². The summed E-state index contributed by atoms with van der Waals surface area (Å²) in [6.45, 7) is 0. The van der Waals surface area contributed by atoms with E-state index < -0.39 is 43.1 Å². The van der Waals surface area contributed by atoms with E-state index in [0.717, 1.165) is 0 Å². The Labute approximate surface area is 121 Å². The molecule has 0 heterocycles. The summed E-state index contributed by atoms with van der Waals surface area (Å²) in [4.78, 5) is 9.80. The SMILES string of the molecule is O=C(O)C(F)C(F)(F)OC(F)(F)C(F)(F)OC(F)(F)OC(F)(F)F. The smallest absolute Gasteiger partial charge is 0.479 e. The maximum atomic E-state index is 12.7. The molecule has 0 saturated carbocycles. The minimum atomic E-state index is -6.94. The minimum absolute atomic E-state index is 1.59. The number of carboxylic acids is 1. The molecule has 144 valence electrons. The van der Waals surface area contributed by atoms with E-state index in [4.69, 9.17) is 5.11 Å². The molecule has 1 N–H and O–H groups in total. The van der Waals surface area contributed by atoms with E-state index in [9.17, 15) is 57.5 Å². The molecule has 17 heteroatoms. The third-order valence-corrected chi connectivity index (χ3v) is 1.60. The van der Waals surface area contributed by atoms with E-state index in [1.165, 1.54) is 0 Å². The number of rotatable bonds is 8. The Balaban J connectivity index is 5.34. The molecule has 5 nitrogen and oxygen atoms in total. The lowest BCUT2D eigenvalue weighted by molar-refractivity contribution is -0.576. The van der Waals surface area contributed by atoms with Crippen LogP contribution in [-0.2, 0) is 19.0 Å². The van der Waals surface area contributed by atoms with Gasteiger partial charge in [0.15, 0.2) is 0 Å². The second-order valence-corrected chi connectivity index (χ2v) is 3.51. The molecule has 0 aliphatic carbocycles. The van der Waals surface area contributed by atoms with Gasteiger partial charge in [0.2, 0.25) is 0 Å². The van der Waals surface area contributed by atoms with E-state index in [2.05, 4.69) is 0 Å². The molecule has 0 saturated heterocycles. The fourth-order valence-electron chi connectivity index (χ4n) is 0.790. The van der Waals surface area contributed by atoms with Gasteiger partial charge in [0.05, 0.1) is 0 Å². The number of hydrogen-bond acceptors (Lipinski definition) is 4. The van der Waals surface area contributed by atoms with Crippen LogP contribution in [-0.4, -0.2) is 48.2 Å². The van der Waals surface area contributed by atoms with Gasteiger partial charge in [-0.15, -0.1) is 22.0 Å². The zero-order valence-electron chi connectivity index (χ0n) is 10.2. The zero-order valence-corrected chi connectivity index (χ0v) is 10.2. The molecule has 0 rings (SSSR count). The number of halogens is 12. The lowest BCUT2D eigenvalue weighted by Gasteiger charge is -2.31. The maximum absolute atomic E-state index is 12.7. The van der Waals surface area contributed by atoms with Gasteiger partial charge in [-0.25, -0.2) is 18.7 Å². The number of alkyl halides is 12. The summed E-state index contributed by atoms with van der Waals surface area (Å²) in [6.07, 6.45) is -37.6. The Kier molecular flexibility index (Phi) is 6.03. The van der Waals surface area contributed by atoms with Crippen LogP contribution in [0.3, 0.4) is 0 Å². The third-order valence-electron chi connectivity index (χ3n) is 1.60. The maximum Gasteiger partial charge on any atom is 0.529 e. The van der Waals surface area contributed by atoms with Crippen LogP contribution in [0.15, 0.2) is 0 Å². The molecule has 0 bridgehead atoms. The summed E-state index contributed by atoms with van der Waals surface area (Å²) in [7, 11) is 0. The van der Waals surface area contributed by atoms with Gasteiger partial charge < -0.3 is 5.11 Å². The fourth-order valence-corrected chi connectivity index (χ4v) is 0.790. The Morgan fingerprint density at radius 3 is 1.46 bits per heavy atom. The minimum Gasteiger partial charge on any atom is -0.479 e. The van der Waals surface area contributed by atoms with E-state index >= 15 is 0 Å². The van der Waals surface area contributed by atoms with E-state index in [1.807, 2.05) is 4.74 Å². The summed E-state index contributed by atoms with van der Waals surface area (Å²) in [6, 6.07) is 0. The van der Waals surface area contributed by atoms with E-state index in [-0.39, 0.29) is 0 Å². The first-order valence-electron chi connectivity index (χ1n) is 4.78. The molecule has 0 radical (unpaired) electrons.